The van der Waals surface area contributed by atoms with E-state index in [9.17, 15) is 4.79 Å². The van der Waals surface area contributed by atoms with Crippen LogP contribution in [0.25, 0.3) is 0 Å². The summed E-state index contributed by atoms with van der Waals surface area (Å²) in [7, 11) is 0. The first-order valence-electron chi connectivity index (χ1n) is 8.88. The molecule has 124 valence electrons. The van der Waals surface area contributed by atoms with E-state index in [4.69, 9.17) is 5.11 Å². The van der Waals surface area contributed by atoms with Gasteiger partial charge < -0.3 is 10.4 Å². The number of carbonyl (C=O) groups is 1. The Labute approximate surface area is 138 Å². The number of rotatable bonds is 5. The predicted octanol–water partition coefficient (Wildman–Crippen LogP) is 3.40. The highest BCUT2D eigenvalue weighted by molar-refractivity contribution is 5.76. The van der Waals surface area contributed by atoms with Gasteiger partial charge in [-0.1, -0.05) is 42.5 Å². The summed E-state index contributed by atoms with van der Waals surface area (Å²) >= 11 is 0. The number of carbonyl (C=O) groups excluding carboxylic acids is 1. The minimum atomic E-state index is 0.111. The number of amides is 1. The highest BCUT2D eigenvalue weighted by Crippen LogP contribution is 2.36. The van der Waals surface area contributed by atoms with Crippen LogP contribution in [0.5, 0.6) is 0 Å². The van der Waals surface area contributed by atoms with Crippen LogP contribution in [0.4, 0.5) is 0 Å². The summed E-state index contributed by atoms with van der Waals surface area (Å²) in [4.78, 5) is 12.2. The van der Waals surface area contributed by atoms with Gasteiger partial charge in [0.15, 0.2) is 0 Å². The monoisotopic (exact) mass is 313 g/mol. The van der Waals surface area contributed by atoms with Gasteiger partial charge >= 0.3 is 0 Å². The first-order chi connectivity index (χ1) is 11.2. The second kappa shape index (κ2) is 7.78. The molecule has 2 atom stereocenters. The lowest BCUT2D eigenvalue weighted by Crippen LogP contribution is -2.34. The summed E-state index contributed by atoms with van der Waals surface area (Å²) in [6.07, 6.45) is 10.2. The largest absolute Gasteiger partial charge is 0.396 e. The minimum Gasteiger partial charge on any atom is -0.396 e. The van der Waals surface area contributed by atoms with E-state index in [-0.39, 0.29) is 24.5 Å². The molecule has 0 heterocycles. The number of benzene rings is 1. The summed E-state index contributed by atoms with van der Waals surface area (Å²) < 4.78 is 0. The van der Waals surface area contributed by atoms with Crippen LogP contribution in [-0.2, 0) is 4.79 Å². The van der Waals surface area contributed by atoms with Crippen molar-refractivity contribution >= 4 is 5.91 Å². The molecule has 2 aliphatic rings. The van der Waals surface area contributed by atoms with Crippen LogP contribution in [0.1, 0.15) is 50.0 Å². The van der Waals surface area contributed by atoms with E-state index in [1.807, 2.05) is 12.2 Å². The number of hydrogen-bond donors (Lipinski definition) is 2. The third kappa shape index (κ3) is 4.44. The summed E-state index contributed by atoms with van der Waals surface area (Å²) in [5, 5.41) is 12.2. The highest BCUT2D eigenvalue weighted by atomic mass is 16.3. The standard InChI is InChI=1S/C20H27NO2/c22-14-16-8-11-19(12-16)21-20(23)13-15-6-9-18(10-7-15)17-4-2-1-3-5-17/h1-5,8,11,15-16,18-19,22H,6-7,9-10,12-14H2,(H,21,23)/t15?,16-,18?,19+/m0/s1. The molecule has 2 aliphatic carbocycles. The molecule has 0 saturated heterocycles. The van der Waals surface area contributed by atoms with Gasteiger partial charge in [-0.25, -0.2) is 0 Å². The Balaban J connectivity index is 1.40. The van der Waals surface area contributed by atoms with Crippen LogP contribution in [0.15, 0.2) is 42.5 Å². The number of nitrogens with one attached hydrogen (secondary N) is 1. The fourth-order valence-electron chi connectivity index (χ4n) is 3.97. The smallest absolute Gasteiger partial charge is 0.220 e. The predicted molar refractivity (Wildman–Crippen MR) is 92.0 cm³/mol. The van der Waals surface area contributed by atoms with Gasteiger partial charge in [0.2, 0.25) is 5.91 Å². The van der Waals surface area contributed by atoms with Gasteiger partial charge in [-0.2, -0.15) is 0 Å². The zero-order valence-electron chi connectivity index (χ0n) is 13.7. The van der Waals surface area contributed by atoms with E-state index in [1.54, 1.807) is 0 Å². The van der Waals surface area contributed by atoms with Crippen LogP contribution in [0.2, 0.25) is 0 Å². The van der Waals surface area contributed by atoms with Crippen molar-refractivity contribution in [2.75, 3.05) is 6.61 Å². The van der Waals surface area contributed by atoms with Crippen LogP contribution in [-0.4, -0.2) is 23.7 Å². The molecule has 0 aliphatic heterocycles. The normalized spacial score (nSPS) is 30.3. The molecule has 0 aromatic heterocycles. The summed E-state index contributed by atoms with van der Waals surface area (Å²) in [5.74, 6) is 1.57. The van der Waals surface area contributed by atoms with Crippen LogP contribution in [0, 0.1) is 11.8 Å². The SMILES string of the molecule is O=C(CC1CCC(c2ccccc2)CC1)N[C@@H]1C=C[C@H](CO)C1. The van der Waals surface area contributed by atoms with Crippen molar-refractivity contribution in [3.63, 3.8) is 0 Å². The van der Waals surface area contributed by atoms with E-state index in [2.05, 4.69) is 35.6 Å². The zero-order valence-corrected chi connectivity index (χ0v) is 13.7. The van der Waals surface area contributed by atoms with Crippen molar-refractivity contribution in [2.24, 2.45) is 11.8 Å². The average molecular weight is 313 g/mol. The Morgan fingerprint density at radius 2 is 1.83 bits per heavy atom. The molecule has 1 aromatic rings. The molecule has 3 rings (SSSR count). The molecular weight excluding hydrogens is 286 g/mol. The van der Waals surface area contributed by atoms with Crippen molar-refractivity contribution in [1.82, 2.24) is 5.32 Å². The third-order valence-electron chi connectivity index (χ3n) is 5.34. The summed E-state index contributed by atoms with van der Waals surface area (Å²) in [6, 6.07) is 10.9. The first-order valence-corrected chi connectivity index (χ1v) is 8.88. The van der Waals surface area contributed by atoms with E-state index in [0.717, 1.165) is 19.3 Å². The average Bonchev–Trinajstić information content (AvgIpc) is 3.04. The van der Waals surface area contributed by atoms with Gasteiger partial charge in [0.25, 0.3) is 0 Å². The van der Waals surface area contributed by atoms with E-state index >= 15 is 0 Å². The lowest BCUT2D eigenvalue weighted by molar-refractivity contribution is -0.122. The Morgan fingerprint density at radius 1 is 1.09 bits per heavy atom. The molecule has 0 unspecified atom stereocenters. The van der Waals surface area contributed by atoms with Crippen molar-refractivity contribution < 1.29 is 9.90 Å². The fourth-order valence-corrected chi connectivity index (χ4v) is 3.97. The molecule has 1 aromatic carbocycles. The fraction of sp³-hybridized carbons (Fsp3) is 0.550. The zero-order chi connectivity index (χ0) is 16.1. The Morgan fingerprint density at radius 3 is 2.48 bits per heavy atom. The first kappa shape index (κ1) is 16.3. The van der Waals surface area contributed by atoms with E-state index < -0.39 is 0 Å². The molecule has 3 heteroatoms. The van der Waals surface area contributed by atoms with Crippen LogP contribution in [0.3, 0.4) is 0 Å². The maximum absolute atomic E-state index is 12.2. The summed E-state index contributed by atoms with van der Waals surface area (Å²) in [5.41, 5.74) is 1.45. The van der Waals surface area contributed by atoms with Gasteiger partial charge in [-0.05, 0) is 49.5 Å². The van der Waals surface area contributed by atoms with Crippen molar-refractivity contribution in [3.05, 3.63) is 48.0 Å². The molecular formula is C20H27NO2. The lowest BCUT2D eigenvalue weighted by Gasteiger charge is -2.28. The maximum Gasteiger partial charge on any atom is 0.220 e. The second-order valence-electron chi connectivity index (χ2n) is 7.07. The summed E-state index contributed by atoms with van der Waals surface area (Å²) in [6.45, 7) is 0.173. The molecule has 0 radical (unpaired) electrons. The van der Waals surface area contributed by atoms with Gasteiger partial charge in [-0.3, -0.25) is 4.79 Å². The van der Waals surface area contributed by atoms with E-state index in [0.29, 0.717) is 18.3 Å². The molecule has 1 saturated carbocycles. The molecule has 0 bridgehead atoms. The van der Waals surface area contributed by atoms with Crippen molar-refractivity contribution in [1.29, 1.82) is 0 Å². The van der Waals surface area contributed by atoms with Gasteiger partial charge in [0, 0.05) is 25.0 Å². The van der Waals surface area contributed by atoms with Gasteiger partial charge in [-0.15, -0.1) is 0 Å². The van der Waals surface area contributed by atoms with Gasteiger partial charge in [0.1, 0.15) is 0 Å². The number of hydrogen-bond acceptors (Lipinski definition) is 2. The number of aliphatic hydroxyl groups excluding tert-OH is 1. The Hall–Kier alpha value is -1.61. The molecule has 23 heavy (non-hydrogen) atoms. The molecule has 0 spiro atoms. The molecule has 3 nitrogen and oxygen atoms in total. The molecule has 1 fully saturated rings. The van der Waals surface area contributed by atoms with Crippen molar-refractivity contribution in [3.8, 4) is 0 Å². The highest BCUT2D eigenvalue weighted by Gasteiger charge is 2.25. The minimum absolute atomic E-state index is 0.111. The van der Waals surface area contributed by atoms with Crippen LogP contribution < -0.4 is 5.32 Å². The number of aliphatic hydroxyl groups is 1. The molecule has 1 amide bonds. The van der Waals surface area contributed by atoms with Crippen molar-refractivity contribution in [2.45, 2.75) is 50.5 Å². The van der Waals surface area contributed by atoms with Crippen LogP contribution >= 0.6 is 0 Å². The molecule has 2 N–H and O–H groups in total. The maximum atomic E-state index is 12.2. The topological polar surface area (TPSA) is 49.3 Å². The Kier molecular flexibility index (Phi) is 5.50. The lowest BCUT2D eigenvalue weighted by atomic mass is 9.77. The third-order valence-corrected chi connectivity index (χ3v) is 5.34. The van der Waals surface area contributed by atoms with Gasteiger partial charge in [0.05, 0.1) is 0 Å². The Bertz CT molecular complexity index is 532. The quantitative estimate of drug-likeness (QED) is 0.819. The van der Waals surface area contributed by atoms with E-state index in [1.165, 1.54) is 18.4 Å². The second-order valence-corrected chi connectivity index (χ2v) is 7.07.